The summed E-state index contributed by atoms with van der Waals surface area (Å²) < 4.78 is 2.09. The lowest BCUT2D eigenvalue weighted by molar-refractivity contribution is -0.384. The van der Waals surface area contributed by atoms with Gasteiger partial charge in [-0.2, -0.15) is 0 Å². The summed E-state index contributed by atoms with van der Waals surface area (Å²) in [6.45, 7) is 6.27. The van der Waals surface area contributed by atoms with Gasteiger partial charge in [0, 0.05) is 34.8 Å². The van der Waals surface area contributed by atoms with Crippen LogP contribution >= 0.6 is 0 Å². The van der Waals surface area contributed by atoms with Crippen LogP contribution in [0.25, 0.3) is 5.69 Å². The fourth-order valence-electron chi connectivity index (χ4n) is 3.35. The Morgan fingerprint density at radius 2 is 1.91 bits per heavy atom. The minimum Gasteiger partial charge on any atom is -0.411 e. The zero-order chi connectivity index (χ0) is 16.8. The molecule has 0 saturated heterocycles. The fraction of sp³-hybridized carbons (Fsp3) is 0.353. The Balaban J connectivity index is 2.15. The third-order valence-corrected chi connectivity index (χ3v) is 4.33. The maximum absolute atomic E-state index is 10.8. The van der Waals surface area contributed by atoms with Gasteiger partial charge in [0.25, 0.3) is 5.69 Å². The predicted octanol–water partition coefficient (Wildman–Crippen LogP) is 3.84. The molecular formula is C17H19N3O3. The quantitative estimate of drug-likeness (QED) is 0.519. The van der Waals surface area contributed by atoms with E-state index in [1.54, 1.807) is 12.1 Å². The number of aromatic nitrogens is 1. The summed E-state index contributed by atoms with van der Waals surface area (Å²) >= 11 is 0. The zero-order valence-corrected chi connectivity index (χ0v) is 13.4. The number of oxime groups is 1. The lowest BCUT2D eigenvalue weighted by Gasteiger charge is -2.31. The first kappa shape index (κ1) is 15.3. The van der Waals surface area contributed by atoms with E-state index >= 15 is 0 Å². The molecule has 0 fully saturated rings. The second kappa shape index (κ2) is 5.22. The molecule has 0 bridgehead atoms. The van der Waals surface area contributed by atoms with Crippen LogP contribution in [0.1, 0.15) is 37.2 Å². The van der Waals surface area contributed by atoms with Gasteiger partial charge in [-0.1, -0.05) is 19.0 Å². The van der Waals surface area contributed by atoms with E-state index in [-0.39, 0.29) is 11.1 Å². The van der Waals surface area contributed by atoms with E-state index in [1.165, 1.54) is 12.1 Å². The van der Waals surface area contributed by atoms with Crippen molar-refractivity contribution in [1.82, 2.24) is 4.57 Å². The van der Waals surface area contributed by atoms with Crippen LogP contribution in [0.15, 0.2) is 35.5 Å². The first-order chi connectivity index (χ1) is 10.8. The molecule has 1 aliphatic rings. The number of aryl methyl sites for hydroxylation is 1. The molecule has 1 aromatic carbocycles. The van der Waals surface area contributed by atoms with Gasteiger partial charge in [0.2, 0.25) is 0 Å². The molecule has 2 aromatic rings. The molecule has 0 radical (unpaired) electrons. The molecule has 6 heteroatoms. The van der Waals surface area contributed by atoms with Gasteiger partial charge in [-0.05, 0) is 43.4 Å². The van der Waals surface area contributed by atoms with Crippen molar-refractivity contribution in [2.75, 3.05) is 0 Å². The minimum atomic E-state index is -0.401. The van der Waals surface area contributed by atoms with Crippen LogP contribution in [-0.4, -0.2) is 20.4 Å². The molecular weight excluding hydrogens is 294 g/mol. The van der Waals surface area contributed by atoms with Crippen molar-refractivity contribution in [3.8, 4) is 5.69 Å². The largest absolute Gasteiger partial charge is 0.411 e. The average molecular weight is 313 g/mol. The molecule has 3 rings (SSSR count). The van der Waals surface area contributed by atoms with Crippen LogP contribution < -0.4 is 0 Å². The molecule has 1 heterocycles. The Morgan fingerprint density at radius 1 is 1.26 bits per heavy atom. The molecule has 23 heavy (non-hydrogen) atoms. The number of benzene rings is 1. The van der Waals surface area contributed by atoms with Gasteiger partial charge in [0.15, 0.2) is 0 Å². The van der Waals surface area contributed by atoms with Crippen molar-refractivity contribution in [2.24, 2.45) is 10.6 Å². The molecule has 0 aliphatic heterocycles. The Hall–Kier alpha value is -2.63. The van der Waals surface area contributed by atoms with E-state index in [4.69, 9.17) is 0 Å². The van der Waals surface area contributed by atoms with Gasteiger partial charge in [-0.3, -0.25) is 10.1 Å². The Morgan fingerprint density at radius 3 is 2.48 bits per heavy atom. The van der Waals surface area contributed by atoms with Crippen molar-refractivity contribution in [2.45, 2.75) is 33.6 Å². The summed E-state index contributed by atoms with van der Waals surface area (Å²) in [5, 5.41) is 23.6. The minimum absolute atomic E-state index is 0.00210. The average Bonchev–Trinajstić information content (AvgIpc) is 2.81. The number of hydrogen-bond acceptors (Lipinski definition) is 4. The van der Waals surface area contributed by atoms with Gasteiger partial charge in [0.1, 0.15) is 0 Å². The molecule has 1 aromatic heterocycles. The van der Waals surface area contributed by atoms with Gasteiger partial charge in [0.05, 0.1) is 10.6 Å². The van der Waals surface area contributed by atoms with Crippen molar-refractivity contribution < 1.29 is 10.1 Å². The van der Waals surface area contributed by atoms with Gasteiger partial charge in [-0.25, -0.2) is 0 Å². The number of nitro benzene ring substituents is 1. The standard InChI is InChI=1S/C17H19N3O3/c1-11-8-14-15(18-21)9-17(2,3)10-16(14)19(11)12-4-6-13(7-5-12)20(22)23/h4-8,21H,9-10H2,1-3H3/b18-15+. The van der Waals surface area contributed by atoms with E-state index < -0.39 is 4.92 Å². The molecule has 0 unspecified atom stereocenters. The summed E-state index contributed by atoms with van der Waals surface area (Å²) in [6, 6.07) is 8.54. The van der Waals surface area contributed by atoms with Gasteiger partial charge >= 0.3 is 0 Å². The summed E-state index contributed by atoms with van der Waals surface area (Å²) in [4.78, 5) is 10.4. The van der Waals surface area contributed by atoms with Gasteiger partial charge < -0.3 is 9.77 Å². The second-order valence-corrected chi connectivity index (χ2v) is 6.82. The number of nitrogens with zero attached hydrogens (tertiary/aromatic N) is 3. The van der Waals surface area contributed by atoms with E-state index in [2.05, 4.69) is 23.6 Å². The highest BCUT2D eigenvalue weighted by molar-refractivity contribution is 6.03. The predicted molar refractivity (Wildman–Crippen MR) is 87.6 cm³/mol. The Kier molecular flexibility index (Phi) is 3.47. The highest BCUT2D eigenvalue weighted by Gasteiger charge is 2.33. The van der Waals surface area contributed by atoms with Crippen molar-refractivity contribution in [1.29, 1.82) is 0 Å². The third kappa shape index (κ3) is 2.60. The summed E-state index contributed by atoms with van der Waals surface area (Å²) in [5.41, 5.74) is 4.71. The monoisotopic (exact) mass is 313 g/mol. The lowest BCUT2D eigenvalue weighted by atomic mass is 9.76. The maximum Gasteiger partial charge on any atom is 0.269 e. The summed E-state index contributed by atoms with van der Waals surface area (Å²) in [6.07, 6.45) is 1.58. The van der Waals surface area contributed by atoms with Crippen molar-refractivity contribution in [3.05, 3.63) is 57.4 Å². The molecule has 6 nitrogen and oxygen atoms in total. The smallest absolute Gasteiger partial charge is 0.269 e. The lowest BCUT2D eigenvalue weighted by Crippen LogP contribution is -2.28. The zero-order valence-electron chi connectivity index (χ0n) is 13.4. The molecule has 120 valence electrons. The van der Waals surface area contributed by atoms with Crippen LogP contribution in [-0.2, 0) is 6.42 Å². The number of fused-ring (bicyclic) bond motifs is 1. The Labute approximate surface area is 134 Å². The normalized spacial score (nSPS) is 18.0. The number of non-ortho nitro benzene ring substituents is 1. The van der Waals surface area contributed by atoms with E-state index in [0.29, 0.717) is 5.71 Å². The second-order valence-electron chi connectivity index (χ2n) is 6.82. The molecule has 0 spiro atoms. The molecule has 0 atom stereocenters. The topological polar surface area (TPSA) is 80.7 Å². The molecule has 0 amide bonds. The van der Waals surface area contributed by atoms with Crippen LogP contribution in [0.2, 0.25) is 0 Å². The van der Waals surface area contributed by atoms with E-state index in [9.17, 15) is 15.3 Å². The summed E-state index contributed by atoms with van der Waals surface area (Å²) in [5.74, 6) is 0. The van der Waals surface area contributed by atoms with Crippen LogP contribution in [0, 0.1) is 22.5 Å². The number of nitro groups is 1. The highest BCUT2D eigenvalue weighted by Crippen LogP contribution is 2.38. The van der Waals surface area contributed by atoms with E-state index in [1.807, 2.05) is 13.0 Å². The molecule has 0 saturated carbocycles. The van der Waals surface area contributed by atoms with Crippen molar-refractivity contribution in [3.63, 3.8) is 0 Å². The van der Waals surface area contributed by atoms with Crippen LogP contribution in [0.5, 0.6) is 0 Å². The number of rotatable bonds is 2. The fourth-order valence-corrected chi connectivity index (χ4v) is 3.35. The van der Waals surface area contributed by atoms with E-state index in [0.717, 1.165) is 35.5 Å². The molecule has 1 N–H and O–H groups in total. The Bertz CT molecular complexity index is 801. The molecule has 1 aliphatic carbocycles. The van der Waals surface area contributed by atoms with Crippen LogP contribution in [0.3, 0.4) is 0 Å². The third-order valence-electron chi connectivity index (χ3n) is 4.33. The van der Waals surface area contributed by atoms with Crippen LogP contribution in [0.4, 0.5) is 5.69 Å². The van der Waals surface area contributed by atoms with Gasteiger partial charge in [-0.15, -0.1) is 0 Å². The first-order valence-corrected chi connectivity index (χ1v) is 7.50. The highest BCUT2D eigenvalue weighted by atomic mass is 16.6. The summed E-state index contributed by atoms with van der Waals surface area (Å²) in [7, 11) is 0. The van der Waals surface area contributed by atoms with Crippen molar-refractivity contribution >= 4 is 11.4 Å². The SMILES string of the molecule is Cc1cc2c(n1-c1ccc([N+](=O)[O-])cc1)CC(C)(C)C/C2=N\O. The number of hydrogen-bond donors (Lipinski definition) is 1. The maximum atomic E-state index is 10.8. The first-order valence-electron chi connectivity index (χ1n) is 7.50.